The van der Waals surface area contributed by atoms with E-state index in [1.54, 1.807) is 6.20 Å². The zero-order valence-electron chi connectivity index (χ0n) is 10.7. The SMILES string of the molecule is O=C1CCc2cc(Br)cc(OCc3ccccn3)c2N1. The molecular weight excluding hydrogens is 320 g/mol. The molecule has 1 aliphatic heterocycles. The first-order valence-electron chi connectivity index (χ1n) is 6.37. The number of nitrogens with zero attached hydrogens (tertiary/aromatic N) is 1. The number of aryl methyl sites for hydroxylation is 1. The predicted molar refractivity (Wildman–Crippen MR) is 79.7 cm³/mol. The lowest BCUT2D eigenvalue weighted by atomic mass is 10.0. The Bertz CT molecular complexity index is 644. The number of rotatable bonds is 3. The number of anilines is 1. The molecule has 0 saturated carbocycles. The molecule has 0 spiro atoms. The number of benzene rings is 1. The van der Waals surface area contributed by atoms with Crippen LogP contribution < -0.4 is 10.1 Å². The molecule has 5 heteroatoms. The standard InChI is InChI=1S/C15H13BrN2O2/c16-11-7-10-4-5-14(19)18-15(10)13(8-11)20-9-12-3-1-2-6-17-12/h1-3,6-8H,4-5,9H2,(H,18,19). The van der Waals surface area contributed by atoms with E-state index < -0.39 is 0 Å². The fourth-order valence-corrected chi connectivity index (χ4v) is 2.66. The van der Waals surface area contributed by atoms with Crippen LogP contribution in [-0.2, 0) is 17.8 Å². The van der Waals surface area contributed by atoms with Gasteiger partial charge in [-0.3, -0.25) is 9.78 Å². The molecular formula is C15H13BrN2O2. The second-order valence-corrected chi connectivity index (χ2v) is 5.51. The van der Waals surface area contributed by atoms with Crippen molar-refractivity contribution >= 4 is 27.5 Å². The number of carbonyl (C=O) groups excluding carboxylic acids is 1. The predicted octanol–water partition coefficient (Wildman–Crippen LogP) is 3.31. The van der Waals surface area contributed by atoms with Gasteiger partial charge in [-0.2, -0.15) is 0 Å². The van der Waals surface area contributed by atoms with Crippen molar-refractivity contribution in [1.29, 1.82) is 0 Å². The van der Waals surface area contributed by atoms with E-state index in [1.165, 1.54) is 0 Å². The lowest BCUT2D eigenvalue weighted by molar-refractivity contribution is -0.116. The van der Waals surface area contributed by atoms with Gasteiger partial charge in [-0.05, 0) is 36.2 Å². The van der Waals surface area contributed by atoms with E-state index in [4.69, 9.17) is 4.74 Å². The van der Waals surface area contributed by atoms with Gasteiger partial charge in [0.05, 0.1) is 11.4 Å². The van der Waals surface area contributed by atoms with Crippen molar-refractivity contribution in [2.45, 2.75) is 19.4 Å². The maximum atomic E-state index is 11.5. The van der Waals surface area contributed by atoms with Gasteiger partial charge in [-0.15, -0.1) is 0 Å². The molecule has 0 saturated heterocycles. The summed E-state index contributed by atoms with van der Waals surface area (Å²) in [5.74, 6) is 0.704. The molecule has 0 aliphatic carbocycles. The van der Waals surface area contributed by atoms with Crippen molar-refractivity contribution < 1.29 is 9.53 Å². The fraction of sp³-hybridized carbons (Fsp3) is 0.200. The molecule has 102 valence electrons. The third-order valence-electron chi connectivity index (χ3n) is 3.14. The Hall–Kier alpha value is -1.88. The Morgan fingerprint density at radius 2 is 2.20 bits per heavy atom. The monoisotopic (exact) mass is 332 g/mol. The van der Waals surface area contributed by atoms with Gasteiger partial charge < -0.3 is 10.1 Å². The third-order valence-corrected chi connectivity index (χ3v) is 3.59. The highest BCUT2D eigenvalue weighted by molar-refractivity contribution is 9.10. The summed E-state index contributed by atoms with van der Waals surface area (Å²) in [5, 5.41) is 2.89. The van der Waals surface area contributed by atoms with Crippen LogP contribution in [0.3, 0.4) is 0 Å². The number of halogens is 1. The van der Waals surface area contributed by atoms with E-state index in [1.807, 2.05) is 30.3 Å². The van der Waals surface area contributed by atoms with Gasteiger partial charge in [0.1, 0.15) is 12.4 Å². The summed E-state index contributed by atoms with van der Waals surface area (Å²) in [6, 6.07) is 9.58. The summed E-state index contributed by atoms with van der Waals surface area (Å²) in [5.41, 5.74) is 2.72. The topological polar surface area (TPSA) is 51.2 Å². The van der Waals surface area contributed by atoms with Crippen molar-refractivity contribution in [3.8, 4) is 5.75 Å². The van der Waals surface area contributed by atoms with Gasteiger partial charge >= 0.3 is 0 Å². The molecule has 1 aromatic carbocycles. The molecule has 0 fully saturated rings. The van der Waals surface area contributed by atoms with Crippen LogP contribution in [0.2, 0.25) is 0 Å². The second-order valence-electron chi connectivity index (χ2n) is 4.60. The van der Waals surface area contributed by atoms with E-state index in [-0.39, 0.29) is 5.91 Å². The van der Waals surface area contributed by atoms with Crippen molar-refractivity contribution in [1.82, 2.24) is 4.98 Å². The molecule has 1 aliphatic rings. The number of nitrogens with one attached hydrogen (secondary N) is 1. The molecule has 2 aromatic rings. The Morgan fingerprint density at radius 1 is 1.30 bits per heavy atom. The quantitative estimate of drug-likeness (QED) is 0.938. The normalized spacial score (nSPS) is 13.6. The van der Waals surface area contributed by atoms with Gasteiger partial charge in [0.15, 0.2) is 0 Å². The first-order valence-corrected chi connectivity index (χ1v) is 7.16. The van der Waals surface area contributed by atoms with Crippen LogP contribution in [-0.4, -0.2) is 10.9 Å². The lowest BCUT2D eigenvalue weighted by Crippen LogP contribution is -2.19. The molecule has 20 heavy (non-hydrogen) atoms. The minimum Gasteiger partial charge on any atom is -0.485 e. The molecule has 1 N–H and O–H groups in total. The fourth-order valence-electron chi connectivity index (χ4n) is 2.17. The average molecular weight is 333 g/mol. The summed E-state index contributed by atoms with van der Waals surface area (Å²) >= 11 is 3.47. The van der Waals surface area contributed by atoms with Crippen LogP contribution in [0.25, 0.3) is 0 Å². The summed E-state index contributed by atoms with van der Waals surface area (Å²) < 4.78 is 6.76. The number of amides is 1. The molecule has 0 atom stereocenters. The molecule has 1 amide bonds. The summed E-state index contributed by atoms with van der Waals surface area (Å²) in [7, 11) is 0. The van der Waals surface area contributed by atoms with Crippen molar-refractivity contribution in [3.63, 3.8) is 0 Å². The largest absolute Gasteiger partial charge is 0.485 e. The highest BCUT2D eigenvalue weighted by atomic mass is 79.9. The number of fused-ring (bicyclic) bond motifs is 1. The molecule has 0 unspecified atom stereocenters. The second kappa shape index (κ2) is 5.63. The number of hydrogen-bond donors (Lipinski definition) is 1. The number of pyridine rings is 1. The van der Waals surface area contributed by atoms with E-state index in [0.29, 0.717) is 18.8 Å². The first kappa shape index (κ1) is 13.1. The molecule has 1 aromatic heterocycles. The van der Waals surface area contributed by atoms with Gasteiger partial charge in [0.2, 0.25) is 5.91 Å². The van der Waals surface area contributed by atoms with Gasteiger partial charge in [-0.25, -0.2) is 0 Å². The molecule has 0 radical (unpaired) electrons. The number of aromatic nitrogens is 1. The highest BCUT2D eigenvalue weighted by Gasteiger charge is 2.19. The van der Waals surface area contributed by atoms with Crippen molar-refractivity contribution in [2.75, 3.05) is 5.32 Å². The maximum absolute atomic E-state index is 11.5. The molecule has 2 heterocycles. The highest BCUT2D eigenvalue weighted by Crippen LogP contribution is 2.36. The molecule has 0 bridgehead atoms. The van der Waals surface area contributed by atoms with Gasteiger partial charge in [-0.1, -0.05) is 22.0 Å². The lowest BCUT2D eigenvalue weighted by Gasteiger charge is -2.20. The molecule has 3 rings (SSSR count). The summed E-state index contributed by atoms with van der Waals surface area (Å²) in [6.45, 7) is 0.375. The number of hydrogen-bond acceptors (Lipinski definition) is 3. The average Bonchev–Trinajstić information content (AvgIpc) is 2.46. The molecule has 4 nitrogen and oxygen atoms in total. The van der Waals surface area contributed by atoms with Crippen LogP contribution in [0.5, 0.6) is 5.75 Å². The van der Waals surface area contributed by atoms with Crippen LogP contribution in [0.1, 0.15) is 17.7 Å². The van der Waals surface area contributed by atoms with Crippen molar-refractivity contribution in [3.05, 3.63) is 52.3 Å². The smallest absolute Gasteiger partial charge is 0.224 e. The Kier molecular flexibility index (Phi) is 3.69. The van der Waals surface area contributed by atoms with E-state index >= 15 is 0 Å². The zero-order valence-corrected chi connectivity index (χ0v) is 12.3. The zero-order chi connectivity index (χ0) is 13.9. The van der Waals surface area contributed by atoms with Crippen LogP contribution in [0.15, 0.2) is 41.0 Å². The first-order chi connectivity index (χ1) is 9.72. The summed E-state index contributed by atoms with van der Waals surface area (Å²) in [6.07, 6.45) is 2.99. The van der Waals surface area contributed by atoms with Crippen LogP contribution >= 0.6 is 15.9 Å². The maximum Gasteiger partial charge on any atom is 0.224 e. The van der Waals surface area contributed by atoms with Crippen molar-refractivity contribution in [2.24, 2.45) is 0 Å². The van der Waals surface area contributed by atoms with Gasteiger partial charge in [0.25, 0.3) is 0 Å². The van der Waals surface area contributed by atoms with E-state index in [2.05, 4.69) is 26.2 Å². The van der Waals surface area contributed by atoms with Crippen LogP contribution in [0.4, 0.5) is 5.69 Å². The Labute approximate surface area is 125 Å². The van der Waals surface area contributed by atoms with E-state index in [0.717, 1.165) is 27.8 Å². The minimum atomic E-state index is 0.0301. The third kappa shape index (κ3) is 2.82. The minimum absolute atomic E-state index is 0.0301. The van der Waals surface area contributed by atoms with E-state index in [9.17, 15) is 4.79 Å². The number of ether oxygens (including phenoxy) is 1. The number of carbonyl (C=O) groups is 1. The van der Waals surface area contributed by atoms with Gasteiger partial charge in [0, 0.05) is 17.1 Å². The summed E-state index contributed by atoms with van der Waals surface area (Å²) in [4.78, 5) is 15.8. The van der Waals surface area contributed by atoms with Crippen LogP contribution in [0, 0.1) is 0 Å². The Morgan fingerprint density at radius 3 is 3.00 bits per heavy atom. The Balaban J connectivity index is 1.85.